The van der Waals surface area contributed by atoms with Gasteiger partial charge in [-0.05, 0) is 43.2 Å². The molecule has 1 aliphatic rings. The number of pyridine rings is 1. The quantitative estimate of drug-likeness (QED) is 0.459. The molecule has 1 saturated heterocycles. The fraction of sp³-hybridized carbons (Fsp3) is 0.304. The lowest BCUT2D eigenvalue weighted by molar-refractivity contribution is -0.145. The van der Waals surface area contributed by atoms with E-state index in [1.165, 1.54) is 19.4 Å². The molecule has 0 aliphatic carbocycles. The highest BCUT2D eigenvalue weighted by Gasteiger charge is 2.39. The monoisotopic (exact) mass is 539 g/mol. The summed E-state index contributed by atoms with van der Waals surface area (Å²) in [5.41, 5.74) is 0.919. The standard InChI is InChI=1S/C23H21F4N5O4S/c1-36-20-13-28-18(15-11-30-22(31-12-15)23(25,26)27)9-14(20)10-29-21(33)19-3-2-8-32(19)37(34,35)17-6-4-16(24)5-7-17/h4-7,9,11-13,19H,2-3,8,10H2,1H3,(H,29,33). The van der Waals surface area contributed by atoms with E-state index in [1.807, 2.05) is 0 Å². The van der Waals surface area contributed by atoms with Gasteiger partial charge in [0, 0.05) is 36.6 Å². The largest absolute Gasteiger partial charge is 0.495 e. The van der Waals surface area contributed by atoms with Gasteiger partial charge in [-0.1, -0.05) is 0 Å². The zero-order valence-corrected chi connectivity index (χ0v) is 20.2. The van der Waals surface area contributed by atoms with Crippen molar-refractivity contribution in [1.82, 2.24) is 24.6 Å². The number of sulfonamides is 1. The first kappa shape index (κ1) is 26.4. The van der Waals surface area contributed by atoms with Gasteiger partial charge in [-0.3, -0.25) is 9.78 Å². The molecule has 37 heavy (non-hydrogen) atoms. The van der Waals surface area contributed by atoms with Crippen molar-refractivity contribution < 1.29 is 35.5 Å². The molecule has 1 atom stereocenters. The molecule has 3 aromatic rings. The Morgan fingerprint density at radius 3 is 2.43 bits per heavy atom. The maximum Gasteiger partial charge on any atom is 0.451 e. The maximum atomic E-state index is 13.2. The predicted octanol–water partition coefficient (Wildman–Crippen LogP) is 3.17. The fourth-order valence-corrected chi connectivity index (χ4v) is 5.56. The first-order valence-electron chi connectivity index (χ1n) is 11.0. The Hall–Kier alpha value is -3.65. The van der Waals surface area contributed by atoms with Crippen LogP contribution < -0.4 is 10.1 Å². The van der Waals surface area contributed by atoms with Crippen LogP contribution in [0.25, 0.3) is 11.3 Å². The average molecular weight is 540 g/mol. The van der Waals surface area contributed by atoms with Crippen molar-refractivity contribution in [2.75, 3.05) is 13.7 Å². The molecular weight excluding hydrogens is 518 g/mol. The molecule has 0 bridgehead atoms. The molecule has 196 valence electrons. The Bertz CT molecular complexity index is 1380. The van der Waals surface area contributed by atoms with E-state index in [0.29, 0.717) is 24.2 Å². The lowest BCUT2D eigenvalue weighted by Crippen LogP contribution is -2.45. The highest BCUT2D eigenvalue weighted by atomic mass is 32.2. The van der Waals surface area contributed by atoms with E-state index < -0.39 is 39.8 Å². The molecule has 9 nitrogen and oxygen atoms in total. The summed E-state index contributed by atoms with van der Waals surface area (Å²) in [5, 5.41) is 2.69. The van der Waals surface area contributed by atoms with Gasteiger partial charge in [0.2, 0.25) is 21.8 Å². The van der Waals surface area contributed by atoms with Gasteiger partial charge in [-0.2, -0.15) is 17.5 Å². The van der Waals surface area contributed by atoms with Gasteiger partial charge in [0.05, 0.1) is 23.9 Å². The molecule has 1 aliphatic heterocycles. The molecule has 3 heterocycles. The molecule has 0 spiro atoms. The van der Waals surface area contributed by atoms with Crippen molar-refractivity contribution in [3.05, 3.63) is 66.1 Å². The molecule has 0 radical (unpaired) electrons. The van der Waals surface area contributed by atoms with E-state index in [4.69, 9.17) is 4.74 Å². The second-order valence-corrected chi connectivity index (χ2v) is 10.0. The second-order valence-electron chi connectivity index (χ2n) is 8.12. The normalized spacial score (nSPS) is 16.5. The molecule has 1 amide bonds. The van der Waals surface area contributed by atoms with Crippen LogP contribution in [0.5, 0.6) is 5.75 Å². The Morgan fingerprint density at radius 1 is 1.14 bits per heavy atom. The number of halogens is 4. The van der Waals surface area contributed by atoms with Crippen molar-refractivity contribution in [3.8, 4) is 17.0 Å². The molecule has 2 aromatic heterocycles. The van der Waals surface area contributed by atoms with E-state index in [1.54, 1.807) is 0 Å². The highest BCUT2D eigenvalue weighted by molar-refractivity contribution is 7.89. The van der Waals surface area contributed by atoms with Crippen molar-refractivity contribution in [2.45, 2.75) is 36.5 Å². The number of amides is 1. The van der Waals surface area contributed by atoms with Crippen LogP contribution in [0, 0.1) is 5.82 Å². The minimum Gasteiger partial charge on any atom is -0.495 e. The minimum atomic E-state index is -4.68. The van der Waals surface area contributed by atoms with Crippen LogP contribution in [0.1, 0.15) is 24.2 Å². The summed E-state index contributed by atoms with van der Waals surface area (Å²) in [7, 11) is -2.64. The van der Waals surface area contributed by atoms with Gasteiger partial charge in [-0.15, -0.1) is 0 Å². The van der Waals surface area contributed by atoms with Crippen LogP contribution in [0.4, 0.5) is 17.6 Å². The van der Waals surface area contributed by atoms with E-state index in [0.717, 1.165) is 41.0 Å². The molecule has 4 rings (SSSR count). The fourth-order valence-electron chi connectivity index (χ4n) is 3.90. The van der Waals surface area contributed by atoms with Gasteiger partial charge in [0.1, 0.15) is 17.6 Å². The summed E-state index contributed by atoms with van der Waals surface area (Å²) in [6, 6.07) is 4.90. The minimum absolute atomic E-state index is 0.0695. The van der Waals surface area contributed by atoms with Gasteiger partial charge in [0.15, 0.2) is 0 Å². The molecule has 14 heteroatoms. The number of hydrogen-bond acceptors (Lipinski definition) is 7. The Kier molecular flexibility index (Phi) is 7.41. The molecule has 0 saturated carbocycles. The number of ether oxygens (including phenoxy) is 1. The van der Waals surface area contributed by atoms with Crippen molar-refractivity contribution in [3.63, 3.8) is 0 Å². The molecule has 1 aromatic carbocycles. The third-order valence-electron chi connectivity index (χ3n) is 5.75. The lowest BCUT2D eigenvalue weighted by atomic mass is 10.1. The number of hydrogen-bond donors (Lipinski definition) is 1. The predicted molar refractivity (Wildman–Crippen MR) is 122 cm³/mol. The number of alkyl halides is 3. The van der Waals surface area contributed by atoms with Crippen molar-refractivity contribution in [2.24, 2.45) is 0 Å². The average Bonchev–Trinajstić information content (AvgIpc) is 3.38. The van der Waals surface area contributed by atoms with Gasteiger partial charge < -0.3 is 10.1 Å². The Morgan fingerprint density at radius 2 is 1.81 bits per heavy atom. The van der Waals surface area contributed by atoms with Gasteiger partial charge in [-0.25, -0.2) is 22.8 Å². The Balaban J connectivity index is 1.50. The number of benzene rings is 1. The molecule has 1 fully saturated rings. The second kappa shape index (κ2) is 10.4. The number of aromatic nitrogens is 3. The first-order chi connectivity index (χ1) is 17.5. The van der Waals surface area contributed by atoms with E-state index in [-0.39, 0.29) is 29.2 Å². The first-order valence-corrected chi connectivity index (χ1v) is 12.4. The molecule has 1 unspecified atom stereocenters. The number of methoxy groups -OCH3 is 1. The smallest absolute Gasteiger partial charge is 0.451 e. The molecule has 1 N–H and O–H groups in total. The highest BCUT2D eigenvalue weighted by Crippen LogP contribution is 2.29. The zero-order valence-electron chi connectivity index (χ0n) is 19.4. The lowest BCUT2D eigenvalue weighted by Gasteiger charge is -2.23. The van der Waals surface area contributed by atoms with Crippen LogP contribution in [0.3, 0.4) is 0 Å². The van der Waals surface area contributed by atoms with E-state index in [9.17, 15) is 30.8 Å². The third-order valence-corrected chi connectivity index (χ3v) is 7.67. The summed E-state index contributed by atoms with van der Waals surface area (Å²) < 4.78 is 83.9. The number of carbonyl (C=O) groups is 1. The molecular formula is C23H21F4N5O4S. The van der Waals surface area contributed by atoms with Crippen LogP contribution in [0.2, 0.25) is 0 Å². The van der Waals surface area contributed by atoms with Crippen LogP contribution in [-0.2, 0) is 27.5 Å². The maximum absolute atomic E-state index is 13.2. The van der Waals surface area contributed by atoms with E-state index in [2.05, 4.69) is 20.3 Å². The summed E-state index contributed by atoms with van der Waals surface area (Å²) in [6.45, 7) is 0.0639. The number of carbonyl (C=O) groups excluding carboxylic acids is 1. The summed E-state index contributed by atoms with van der Waals surface area (Å²) in [4.78, 5) is 23.7. The number of nitrogens with one attached hydrogen (secondary N) is 1. The topological polar surface area (TPSA) is 114 Å². The SMILES string of the molecule is COc1cnc(-c2cnc(C(F)(F)F)nc2)cc1CNC(=O)C1CCCN1S(=O)(=O)c1ccc(F)cc1. The zero-order chi connectivity index (χ0) is 26.8. The summed E-state index contributed by atoms with van der Waals surface area (Å²) >= 11 is 0. The van der Waals surface area contributed by atoms with Crippen LogP contribution >= 0.6 is 0 Å². The third kappa shape index (κ3) is 5.69. The van der Waals surface area contributed by atoms with Crippen molar-refractivity contribution in [1.29, 1.82) is 0 Å². The van der Waals surface area contributed by atoms with E-state index >= 15 is 0 Å². The van der Waals surface area contributed by atoms with Crippen LogP contribution in [-0.4, -0.2) is 53.3 Å². The van der Waals surface area contributed by atoms with Gasteiger partial charge in [0.25, 0.3) is 0 Å². The summed E-state index contributed by atoms with van der Waals surface area (Å²) in [6.07, 6.45) is -0.592. The number of rotatable bonds is 7. The van der Waals surface area contributed by atoms with Crippen LogP contribution in [0.15, 0.2) is 53.8 Å². The van der Waals surface area contributed by atoms with Gasteiger partial charge >= 0.3 is 6.18 Å². The number of nitrogens with zero attached hydrogens (tertiary/aromatic N) is 4. The Labute approximate surface area is 209 Å². The summed E-state index contributed by atoms with van der Waals surface area (Å²) in [5.74, 6) is -2.10. The van der Waals surface area contributed by atoms with Crippen molar-refractivity contribution >= 4 is 15.9 Å².